The van der Waals surface area contributed by atoms with E-state index in [2.05, 4.69) is 231 Å². The van der Waals surface area contributed by atoms with Gasteiger partial charge in [-0.25, -0.2) is 0 Å². The van der Waals surface area contributed by atoms with Gasteiger partial charge >= 0.3 is 0 Å². The van der Waals surface area contributed by atoms with E-state index in [9.17, 15) is 0 Å². The topological polar surface area (TPSA) is 8.82 Å². The van der Waals surface area contributed by atoms with Crippen LogP contribution in [0.15, 0.2) is 194 Å². The van der Waals surface area contributed by atoms with E-state index in [1.807, 2.05) is 0 Å². The van der Waals surface area contributed by atoms with Gasteiger partial charge in [0.05, 0.1) is 33.1 Å². The van der Waals surface area contributed by atoms with Gasteiger partial charge in [-0.3, -0.25) is 0 Å². The Labute approximate surface area is 403 Å². The lowest BCUT2D eigenvalue weighted by Crippen LogP contribution is -2.15. The first kappa shape index (κ1) is 37.5. The second-order valence-corrected chi connectivity index (χ2v) is 21.5. The van der Waals surface area contributed by atoms with Gasteiger partial charge in [0, 0.05) is 64.7 Å². The Kier molecular flexibility index (Phi) is 6.65. The summed E-state index contributed by atoms with van der Waals surface area (Å²) in [4.78, 5) is 0. The largest absolute Gasteiger partial charge is 0.308 e. The maximum absolute atomic E-state index is 2.60. The highest BCUT2D eigenvalue weighted by Crippen LogP contribution is 2.58. The van der Waals surface area contributed by atoms with Crippen molar-refractivity contribution in [2.75, 3.05) is 0 Å². The summed E-state index contributed by atoms with van der Waals surface area (Å²) in [6.45, 7) is 9.68. The predicted octanol–water partition coefficient (Wildman–Crippen LogP) is 18.2. The van der Waals surface area contributed by atoms with E-state index in [1.165, 1.54) is 164 Å². The first-order chi connectivity index (χ1) is 34.3. The van der Waals surface area contributed by atoms with E-state index in [0.717, 1.165) is 0 Å². The van der Waals surface area contributed by atoms with Crippen molar-refractivity contribution in [3.05, 3.63) is 216 Å². The average molecular weight is 889 g/mol. The van der Waals surface area contributed by atoms with Crippen LogP contribution in [0.4, 0.5) is 0 Å². The molecule has 2 aliphatic carbocycles. The summed E-state index contributed by atoms with van der Waals surface area (Å²) in [7, 11) is 0. The van der Waals surface area contributed by atoms with Crippen LogP contribution >= 0.6 is 0 Å². The molecule has 15 aromatic rings. The van der Waals surface area contributed by atoms with E-state index >= 15 is 0 Å². The highest BCUT2D eigenvalue weighted by molar-refractivity contribution is 6.45. The molecule has 0 radical (unpaired) electrons. The van der Waals surface area contributed by atoms with Crippen molar-refractivity contribution >= 4 is 97.7 Å². The Morgan fingerprint density at radius 3 is 1.04 bits per heavy atom. The SMILES string of the molecule is CC1(C)c2ccccc2-c2ccc(-c3c(-c4ccc5c(c4)C(C)(C)c4ccccc4-5)c4cc5c6ccccc6n6c7ccccc7c(c4c4c3cc3c7ccccc7n7c8ccccc8c4c37)c56)cc21. The van der Waals surface area contributed by atoms with Crippen molar-refractivity contribution in [3.63, 3.8) is 0 Å². The monoisotopic (exact) mass is 888 g/mol. The maximum atomic E-state index is 2.60. The van der Waals surface area contributed by atoms with Crippen molar-refractivity contribution in [2.24, 2.45) is 0 Å². The molecule has 0 saturated carbocycles. The fourth-order valence-electron chi connectivity index (χ4n) is 14.5. The number of fused-ring (bicyclic) bond motifs is 23. The van der Waals surface area contributed by atoms with Gasteiger partial charge < -0.3 is 8.80 Å². The van der Waals surface area contributed by atoms with Gasteiger partial charge in [0.1, 0.15) is 0 Å². The fourth-order valence-corrected chi connectivity index (χ4v) is 14.5. The van der Waals surface area contributed by atoms with E-state index < -0.39 is 0 Å². The molecule has 0 aliphatic heterocycles. The van der Waals surface area contributed by atoms with Crippen LogP contribution in [0.3, 0.4) is 0 Å². The number of para-hydroxylation sites is 4. The van der Waals surface area contributed by atoms with Crippen LogP contribution in [-0.2, 0) is 10.8 Å². The van der Waals surface area contributed by atoms with Crippen LogP contribution in [0.1, 0.15) is 49.9 Å². The Balaban J connectivity index is 1.17. The lowest BCUT2D eigenvalue weighted by Gasteiger charge is -2.25. The van der Waals surface area contributed by atoms with Crippen LogP contribution < -0.4 is 0 Å². The Hall–Kier alpha value is -8.46. The summed E-state index contributed by atoms with van der Waals surface area (Å²) >= 11 is 0. The number of hydrogen-bond acceptors (Lipinski definition) is 0. The summed E-state index contributed by atoms with van der Waals surface area (Å²) in [6, 6.07) is 74.7. The zero-order valence-corrected chi connectivity index (χ0v) is 39.4. The molecule has 2 heteroatoms. The molecule has 70 heavy (non-hydrogen) atoms. The molecule has 2 aliphatic rings. The second-order valence-electron chi connectivity index (χ2n) is 21.5. The van der Waals surface area contributed by atoms with Crippen molar-refractivity contribution in [1.29, 1.82) is 0 Å². The van der Waals surface area contributed by atoms with Gasteiger partial charge in [-0.05, 0) is 126 Å². The Bertz CT molecular complexity index is 4570. The summed E-state index contributed by atoms with van der Waals surface area (Å²) < 4.78 is 5.12. The van der Waals surface area contributed by atoms with Gasteiger partial charge in [0.25, 0.3) is 0 Å². The third-order valence-electron chi connectivity index (χ3n) is 17.5. The predicted molar refractivity (Wildman–Crippen MR) is 297 cm³/mol. The molecule has 326 valence electrons. The number of nitrogens with zero attached hydrogens (tertiary/aromatic N) is 2. The first-order valence-electron chi connectivity index (χ1n) is 24.9. The maximum Gasteiger partial charge on any atom is 0.0627 e. The van der Waals surface area contributed by atoms with E-state index in [0.29, 0.717) is 0 Å². The highest BCUT2D eigenvalue weighted by atomic mass is 14.9. The van der Waals surface area contributed by atoms with Crippen LogP contribution in [0.5, 0.6) is 0 Å². The molecule has 0 fully saturated rings. The van der Waals surface area contributed by atoms with E-state index in [1.54, 1.807) is 0 Å². The van der Waals surface area contributed by atoms with Crippen molar-refractivity contribution in [3.8, 4) is 44.5 Å². The molecule has 4 heterocycles. The number of aromatic nitrogens is 2. The number of hydrogen-bond donors (Lipinski definition) is 0. The molecular weight excluding hydrogens is 845 g/mol. The summed E-state index contributed by atoms with van der Waals surface area (Å²) in [6.07, 6.45) is 0. The van der Waals surface area contributed by atoms with Gasteiger partial charge in [0.2, 0.25) is 0 Å². The molecule has 2 nitrogen and oxygen atoms in total. The van der Waals surface area contributed by atoms with Crippen LogP contribution in [0.25, 0.3) is 142 Å². The molecule has 0 atom stereocenters. The summed E-state index contributed by atoms with van der Waals surface area (Å²) in [5, 5.41) is 15.7. The quantitative estimate of drug-likeness (QED) is 0.153. The van der Waals surface area contributed by atoms with Gasteiger partial charge in [-0.1, -0.05) is 173 Å². The Morgan fingerprint density at radius 1 is 0.271 bits per heavy atom. The molecule has 0 spiro atoms. The van der Waals surface area contributed by atoms with Crippen molar-refractivity contribution in [1.82, 2.24) is 8.80 Å². The minimum atomic E-state index is -0.171. The van der Waals surface area contributed by atoms with Gasteiger partial charge in [-0.2, -0.15) is 0 Å². The second kappa shape index (κ2) is 12.4. The molecule has 0 amide bonds. The smallest absolute Gasteiger partial charge is 0.0627 e. The summed E-state index contributed by atoms with van der Waals surface area (Å²) in [5.41, 5.74) is 23.3. The lowest BCUT2D eigenvalue weighted by molar-refractivity contribution is 0.660. The lowest BCUT2D eigenvalue weighted by atomic mass is 9.77. The van der Waals surface area contributed by atoms with Crippen LogP contribution in [0, 0.1) is 0 Å². The first-order valence-corrected chi connectivity index (χ1v) is 24.9. The molecule has 0 N–H and O–H groups in total. The fraction of sp³-hybridized carbons (Fsp3) is 0.0882. The van der Waals surface area contributed by atoms with E-state index in [-0.39, 0.29) is 10.8 Å². The molecule has 0 saturated heterocycles. The third-order valence-corrected chi connectivity index (χ3v) is 17.5. The molecular formula is C68H44N2. The Morgan fingerprint density at radius 2 is 0.614 bits per heavy atom. The highest BCUT2D eigenvalue weighted by Gasteiger charge is 2.38. The summed E-state index contributed by atoms with van der Waals surface area (Å²) in [5.74, 6) is 0. The zero-order chi connectivity index (χ0) is 46.1. The molecule has 0 unspecified atom stereocenters. The standard InChI is InChI=1S/C68H44N2/c1-67(2)51-23-11-5-17-39(51)41-31-29-37(33-53(41)67)59-49-35-47-43-19-7-13-25-55(43)69-57-27-15-9-21-45(57)63(65(47)69)61(49)62-50(60(59)38-30-32-42-40-18-6-12-24-52(40)68(3,4)54(42)34-38)36-48-44-20-8-14-26-56(44)70-58-28-16-10-22-46(58)64(62)66(48)70/h5-36H,1-4H3. The molecule has 11 aromatic carbocycles. The third kappa shape index (κ3) is 4.23. The average Bonchev–Trinajstić information content (AvgIpc) is 4.21. The number of benzene rings is 11. The van der Waals surface area contributed by atoms with Crippen molar-refractivity contribution in [2.45, 2.75) is 38.5 Å². The minimum absolute atomic E-state index is 0.171. The molecule has 17 rings (SSSR count). The van der Waals surface area contributed by atoms with Gasteiger partial charge in [0.15, 0.2) is 0 Å². The normalized spacial score (nSPS) is 14.8. The molecule has 4 aromatic heterocycles. The molecule has 0 bridgehead atoms. The zero-order valence-electron chi connectivity index (χ0n) is 39.4. The van der Waals surface area contributed by atoms with Crippen LogP contribution in [0.2, 0.25) is 0 Å². The number of rotatable bonds is 2. The minimum Gasteiger partial charge on any atom is -0.308 e. The van der Waals surface area contributed by atoms with Gasteiger partial charge in [-0.15, -0.1) is 0 Å². The van der Waals surface area contributed by atoms with E-state index in [4.69, 9.17) is 0 Å². The van der Waals surface area contributed by atoms with Crippen molar-refractivity contribution < 1.29 is 0 Å². The van der Waals surface area contributed by atoms with Crippen LogP contribution in [-0.4, -0.2) is 8.80 Å².